The van der Waals surface area contributed by atoms with Gasteiger partial charge in [0, 0.05) is 28.5 Å². The molecule has 6 heteroatoms. The van der Waals surface area contributed by atoms with E-state index in [2.05, 4.69) is 35.0 Å². The number of nitrogens with zero attached hydrogens (tertiary/aromatic N) is 1. The molecule has 1 aliphatic carbocycles. The lowest BCUT2D eigenvalue weighted by molar-refractivity contribution is -0.118. The molecule has 4 nitrogen and oxygen atoms in total. The van der Waals surface area contributed by atoms with Gasteiger partial charge >= 0.3 is 0 Å². The van der Waals surface area contributed by atoms with Gasteiger partial charge < -0.3 is 4.90 Å². The maximum atomic E-state index is 13.1. The van der Waals surface area contributed by atoms with E-state index < -0.39 is 9.84 Å². The zero-order valence-electron chi connectivity index (χ0n) is 16.8. The van der Waals surface area contributed by atoms with Crippen molar-refractivity contribution in [2.45, 2.75) is 49.8 Å². The molecule has 2 aromatic rings. The van der Waals surface area contributed by atoms with Crippen LogP contribution in [0.15, 0.2) is 51.8 Å². The van der Waals surface area contributed by atoms with E-state index in [0.29, 0.717) is 23.7 Å². The highest BCUT2D eigenvalue weighted by Gasteiger charge is 2.50. The second-order valence-electron chi connectivity index (χ2n) is 8.38. The van der Waals surface area contributed by atoms with Gasteiger partial charge in [-0.3, -0.25) is 4.79 Å². The first kappa shape index (κ1) is 20.6. The van der Waals surface area contributed by atoms with E-state index in [1.165, 1.54) is 18.4 Å². The van der Waals surface area contributed by atoms with Crippen LogP contribution in [-0.2, 0) is 26.5 Å². The maximum Gasteiger partial charge on any atom is 0.227 e. The summed E-state index contributed by atoms with van der Waals surface area (Å²) < 4.78 is 25.0. The fourth-order valence-electron chi connectivity index (χ4n) is 4.41. The van der Waals surface area contributed by atoms with Crippen molar-refractivity contribution in [3.8, 4) is 0 Å². The normalized spacial score (nSPS) is 21.3. The number of benzene rings is 2. The van der Waals surface area contributed by atoms with Crippen LogP contribution in [-0.4, -0.2) is 26.6 Å². The number of amides is 1. The first-order valence-corrected chi connectivity index (χ1v) is 12.6. The van der Waals surface area contributed by atoms with Gasteiger partial charge in [0.25, 0.3) is 0 Å². The minimum atomic E-state index is -3.19. The zero-order chi connectivity index (χ0) is 20.8. The topological polar surface area (TPSA) is 54.5 Å². The van der Waals surface area contributed by atoms with Gasteiger partial charge in [-0.15, -0.1) is 0 Å². The molecule has 0 N–H and O–H groups in total. The average molecular weight is 476 g/mol. The molecule has 1 atom stereocenters. The molecule has 0 aromatic heterocycles. The molecule has 0 radical (unpaired) electrons. The van der Waals surface area contributed by atoms with Crippen LogP contribution in [0.3, 0.4) is 0 Å². The molecule has 1 aliphatic heterocycles. The van der Waals surface area contributed by atoms with Gasteiger partial charge in [-0.2, -0.15) is 0 Å². The maximum absolute atomic E-state index is 13.1. The van der Waals surface area contributed by atoms with Crippen LogP contribution in [0.4, 0.5) is 5.69 Å². The van der Waals surface area contributed by atoms with Gasteiger partial charge in [-0.25, -0.2) is 8.42 Å². The van der Waals surface area contributed by atoms with Crippen LogP contribution >= 0.6 is 15.9 Å². The number of anilines is 1. The molecule has 2 aliphatic rings. The van der Waals surface area contributed by atoms with Crippen molar-refractivity contribution in [1.29, 1.82) is 0 Å². The third-order valence-electron chi connectivity index (χ3n) is 6.42. The van der Waals surface area contributed by atoms with Gasteiger partial charge in [0.15, 0.2) is 9.84 Å². The summed E-state index contributed by atoms with van der Waals surface area (Å²) in [5.41, 5.74) is 3.33. The highest BCUT2D eigenvalue weighted by atomic mass is 79.9. The van der Waals surface area contributed by atoms with Crippen LogP contribution < -0.4 is 4.90 Å². The van der Waals surface area contributed by atoms with E-state index >= 15 is 0 Å². The van der Waals surface area contributed by atoms with E-state index in [1.807, 2.05) is 23.1 Å². The summed E-state index contributed by atoms with van der Waals surface area (Å²) in [6, 6.07) is 13.2. The summed E-state index contributed by atoms with van der Waals surface area (Å²) >= 11 is 3.58. The van der Waals surface area contributed by atoms with E-state index in [9.17, 15) is 13.2 Å². The summed E-state index contributed by atoms with van der Waals surface area (Å²) in [5.74, 6) is 0.874. The number of sulfone groups is 1. The molecule has 1 heterocycles. The van der Waals surface area contributed by atoms with Gasteiger partial charge in [0.1, 0.15) is 0 Å². The second kappa shape index (κ2) is 7.55. The zero-order valence-corrected chi connectivity index (χ0v) is 19.2. The Morgan fingerprint density at radius 2 is 1.86 bits per heavy atom. The lowest BCUT2D eigenvalue weighted by atomic mass is 9.80. The van der Waals surface area contributed by atoms with Crippen LogP contribution in [0.5, 0.6) is 0 Å². The number of rotatable bonds is 6. The molecule has 0 saturated heterocycles. The summed E-state index contributed by atoms with van der Waals surface area (Å²) in [6.45, 7) is 4.68. The molecule has 1 unspecified atom stereocenters. The van der Waals surface area contributed by atoms with Crippen molar-refractivity contribution in [3.63, 3.8) is 0 Å². The van der Waals surface area contributed by atoms with E-state index in [0.717, 1.165) is 22.3 Å². The fraction of sp³-hybridized carbons (Fsp3) is 0.435. The minimum Gasteiger partial charge on any atom is -0.311 e. The molecule has 1 amide bonds. The molecule has 0 bridgehead atoms. The highest BCUT2D eigenvalue weighted by Crippen LogP contribution is 2.54. The van der Waals surface area contributed by atoms with Crippen molar-refractivity contribution >= 4 is 37.4 Å². The first-order valence-electron chi connectivity index (χ1n) is 10.2. The molecule has 2 aromatic carbocycles. The molecule has 1 saturated carbocycles. The summed E-state index contributed by atoms with van der Waals surface area (Å²) in [4.78, 5) is 15.4. The van der Waals surface area contributed by atoms with E-state index in [1.54, 1.807) is 19.1 Å². The minimum absolute atomic E-state index is 0.0327. The number of hydrogen-bond donors (Lipinski definition) is 0. The molecule has 4 rings (SSSR count). The molecular formula is C23H26BrNO3S. The lowest BCUT2D eigenvalue weighted by Gasteiger charge is -2.25. The van der Waals surface area contributed by atoms with Crippen LogP contribution in [0.2, 0.25) is 0 Å². The number of hydrogen-bond acceptors (Lipinski definition) is 3. The van der Waals surface area contributed by atoms with Crippen molar-refractivity contribution in [1.82, 2.24) is 0 Å². The third-order valence-corrected chi connectivity index (χ3v) is 8.66. The molecule has 0 spiro atoms. The number of fused-ring (bicyclic) bond motifs is 1. The van der Waals surface area contributed by atoms with E-state index in [4.69, 9.17) is 0 Å². The van der Waals surface area contributed by atoms with Gasteiger partial charge in [-0.1, -0.05) is 41.9 Å². The quantitative estimate of drug-likeness (QED) is 0.597. The Balaban J connectivity index is 1.48. The van der Waals surface area contributed by atoms with Crippen molar-refractivity contribution < 1.29 is 13.2 Å². The summed E-state index contributed by atoms with van der Waals surface area (Å²) in [7, 11) is -3.19. The number of carbonyl (C=O) groups excluding carboxylic acids is 1. The molecule has 29 heavy (non-hydrogen) atoms. The highest BCUT2D eigenvalue weighted by molar-refractivity contribution is 9.10. The SMILES string of the molecule is CCS(=O)(=O)c1ccc(CCC(=O)N2CC(C)(C3CC3)c3cc(Br)ccc32)cc1. The third kappa shape index (κ3) is 3.89. The fourth-order valence-corrected chi connectivity index (χ4v) is 5.65. The van der Waals surface area contributed by atoms with Crippen LogP contribution in [0.25, 0.3) is 0 Å². The lowest BCUT2D eigenvalue weighted by Crippen LogP contribution is -2.36. The van der Waals surface area contributed by atoms with Crippen molar-refractivity contribution in [2.75, 3.05) is 17.2 Å². The van der Waals surface area contributed by atoms with Crippen LogP contribution in [0.1, 0.15) is 44.2 Å². The smallest absolute Gasteiger partial charge is 0.227 e. The summed E-state index contributed by atoms with van der Waals surface area (Å²) in [6.07, 6.45) is 3.49. The number of carbonyl (C=O) groups is 1. The van der Waals surface area contributed by atoms with E-state index in [-0.39, 0.29) is 17.1 Å². The van der Waals surface area contributed by atoms with Crippen LogP contribution in [0, 0.1) is 5.92 Å². The molecule has 154 valence electrons. The van der Waals surface area contributed by atoms with Crippen molar-refractivity contribution in [2.24, 2.45) is 5.92 Å². The Hall–Kier alpha value is -1.66. The molecule has 1 fully saturated rings. The monoisotopic (exact) mass is 475 g/mol. The Morgan fingerprint density at radius 1 is 1.17 bits per heavy atom. The van der Waals surface area contributed by atoms with Crippen molar-refractivity contribution in [3.05, 3.63) is 58.1 Å². The largest absolute Gasteiger partial charge is 0.311 e. The Kier molecular flexibility index (Phi) is 5.36. The predicted molar refractivity (Wildman–Crippen MR) is 119 cm³/mol. The first-order chi connectivity index (χ1) is 13.7. The second-order valence-corrected chi connectivity index (χ2v) is 11.6. The Labute approximate surface area is 181 Å². The van der Waals surface area contributed by atoms with Gasteiger partial charge in [0.05, 0.1) is 10.6 Å². The summed E-state index contributed by atoms with van der Waals surface area (Å²) in [5, 5.41) is 0. The average Bonchev–Trinajstić information content (AvgIpc) is 3.53. The Bertz CT molecular complexity index is 1040. The molecular weight excluding hydrogens is 450 g/mol. The standard InChI is InChI=1S/C23H26BrNO3S/c1-3-29(27,28)19-10-4-16(5-11-19)6-13-22(26)25-15-23(2,17-7-8-17)20-14-18(24)9-12-21(20)25/h4-5,9-12,14,17H,3,6-8,13,15H2,1-2H3. The van der Waals surface area contributed by atoms with Gasteiger partial charge in [0.2, 0.25) is 5.91 Å². The van der Waals surface area contributed by atoms with Gasteiger partial charge in [-0.05, 0) is 66.6 Å². The predicted octanol–water partition coefficient (Wildman–Crippen LogP) is 4.89. The Morgan fingerprint density at radius 3 is 2.48 bits per heavy atom. The number of halogens is 1. The number of aryl methyl sites for hydroxylation is 1.